The summed E-state index contributed by atoms with van der Waals surface area (Å²) < 4.78 is 0. The molecule has 1 aliphatic rings. The Morgan fingerprint density at radius 2 is 2.11 bits per heavy atom. The third-order valence-electron chi connectivity index (χ3n) is 3.14. The lowest BCUT2D eigenvalue weighted by molar-refractivity contribution is -0.140. The van der Waals surface area contributed by atoms with E-state index in [-0.39, 0.29) is 17.9 Å². The van der Waals surface area contributed by atoms with Gasteiger partial charge in [-0.1, -0.05) is 0 Å². The molecule has 0 saturated heterocycles. The number of aromatic nitrogens is 1. The van der Waals surface area contributed by atoms with Gasteiger partial charge in [0.2, 0.25) is 5.91 Å². The lowest BCUT2D eigenvalue weighted by Crippen LogP contribution is -2.29. The molecule has 3 atom stereocenters. The van der Waals surface area contributed by atoms with Crippen LogP contribution in [0, 0.1) is 25.7 Å². The Kier molecular flexibility index (Phi) is 3.38. The highest BCUT2D eigenvalue weighted by molar-refractivity contribution is 7.11. The fourth-order valence-corrected chi connectivity index (χ4v) is 3.02. The van der Waals surface area contributed by atoms with Gasteiger partial charge in [0.05, 0.1) is 28.6 Å². The van der Waals surface area contributed by atoms with Gasteiger partial charge in [-0.25, -0.2) is 4.98 Å². The Balaban J connectivity index is 1.96. The van der Waals surface area contributed by atoms with Crippen molar-refractivity contribution in [3.63, 3.8) is 0 Å². The number of aryl methyl sites for hydroxylation is 2. The number of aliphatic carboxylic acids is 1. The molecule has 1 heterocycles. The van der Waals surface area contributed by atoms with Gasteiger partial charge in [0, 0.05) is 4.88 Å². The van der Waals surface area contributed by atoms with Crippen molar-refractivity contribution in [3.05, 3.63) is 15.6 Å². The molecule has 1 amide bonds. The molecule has 1 unspecified atom stereocenters. The molecular formula is C12H16N2O3S. The molecule has 1 aromatic rings. The summed E-state index contributed by atoms with van der Waals surface area (Å²) in [6.07, 6.45) is 0.453. The Bertz CT molecular complexity index is 498. The van der Waals surface area contributed by atoms with E-state index in [1.807, 2.05) is 20.8 Å². The molecule has 2 rings (SSSR count). The molecule has 0 bridgehead atoms. The average Bonchev–Trinajstić information content (AvgIpc) is 2.99. The summed E-state index contributed by atoms with van der Waals surface area (Å²) >= 11 is 1.56. The monoisotopic (exact) mass is 268 g/mol. The van der Waals surface area contributed by atoms with Crippen LogP contribution in [0.2, 0.25) is 0 Å². The van der Waals surface area contributed by atoms with E-state index in [2.05, 4.69) is 10.3 Å². The first-order valence-corrected chi connectivity index (χ1v) is 6.69. The van der Waals surface area contributed by atoms with Crippen molar-refractivity contribution in [2.24, 2.45) is 11.8 Å². The number of thiazole rings is 1. The highest BCUT2D eigenvalue weighted by Gasteiger charge is 2.48. The first-order chi connectivity index (χ1) is 8.40. The van der Waals surface area contributed by atoms with Gasteiger partial charge < -0.3 is 10.4 Å². The van der Waals surface area contributed by atoms with E-state index in [0.717, 1.165) is 15.6 Å². The van der Waals surface area contributed by atoms with Gasteiger partial charge in [0.25, 0.3) is 0 Å². The van der Waals surface area contributed by atoms with Gasteiger partial charge in [-0.15, -0.1) is 11.3 Å². The molecule has 1 aromatic heterocycles. The van der Waals surface area contributed by atoms with E-state index in [1.54, 1.807) is 11.3 Å². The number of carboxylic acid groups (broad SMARTS) is 1. The molecular weight excluding hydrogens is 252 g/mol. The number of carbonyl (C=O) groups excluding carboxylic acids is 1. The van der Waals surface area contributed by atoms with Gasteiger partial charge >= 0.3 is 5.97 Å². The molecule has 1 aliphatic carbocycles. The Morgan fingerprint density at radius 3 is 2.56 bits per heavy atom. The van der Waals surface area contributed by atoms with Crippen LogP contribution in [-0.4, -0.2) is 22.0 Å². The maximum absolute atomic E-state index is 11.8. The van der Waals surface area contributed by atoms with Gasteiger partial charge in [-0.2, -0.15) is 0 Å². The van der Waals surface area contributed by atoms with Crippen LogP contribution in [0.1, 0.15) is 35.0 Å². The first kappa shape index (κ1) is 13.0. The van der Waals surface area contributed by atoms with Crippen LogP contribution in [0.3, 0.4) is 0 Å². The molecule has 0 radical (unpaired) electrons. The van der Waals surface area contributed by atoms with Crippen molar-refractivity contribution < 1.29 is 14.7 Å². The van der Waals surface area contributed by atoms with Crippen LogP contribution in [0.4, 0.5) is 0 Å². The maximum atomic E-state index is 11.8. The first-order valence-electron chi connectivity index (χ1n) is 5.87. The summed E-state index contributed by atoms with van der Waals surface area (Å²) in [5.41, 5.74) is 0.927. The number of carboxylic acids is 1. The zero-order valence-corrected chi connectivity index (χ0v) is 11.4. The lowest BCUT2D eigenvalue weighted by atomic mass is 10.2. The number of amides is 1. The summed E-state index contributed by atoms with van der Waals surface area (Å²) in [6.45, 7) is 5.74. The summed E-state index contributed by atoms with van der Waals surface area (Å²) in [7, 11) is 0. The number of hydrogen-bond donors (Lipinski definition) is 2. The van der Waals surface area contributed by atoms with Crippen molar-refractivity contribution >= 4 is 23.2 Å². The van der Waals surface area contributed by atoms with E-state index in [9.17, 15) is 9.59 Å². The van der Waals surface area contributed by atoms with Gasteiger partial charge in [0.15, 0.2) is 0 Å². The van der Waals surface area contributed by atoms with Gasteiger partial charge in [0.1, 0.15) is 0 Å². The largest absolute Gasteiger partial charge is 0.481 e. The van der Waals surface area contributed by atoms with Crippen LogP contribution in [0.15, 0.2) is 0 Å². The quantitative estimate of drug-likeness (QED) is 0.870. The van der Waals surface area contributed by atoms with E-state index in [4.69, 9.17) is 5.11 Å². The van der Waals surface area contributed by atoms with Gasteiger partial charge in [-0.05, 0) is 27.2 Å². The summed E-state index contributed by atoms with van der Waals surface area (Å²) in [5.74, 6) is -1.91. The van der Waals surface area contributed by atoms with Crippen LogP contribution in [-0.2, 0) is 9.59 Å². The minimum Gasteiger partial charge on any atom is -0.481 e. The second kappa shape index (κ2) is 4.68. The van der Waals surface area contributed by atoms with Crippen molar-refractivity contribution in [1.29, 1.82) is 0 Å². The number of carbonyl (C=O) groups is 2. The van der Waals surface area contributed by atoms with Gasteiger partial charge in [-0.3, -0.25) is 9.59 Å². The van der Waals surface area contributed by atoms with Crippen LogP contribution < -0.4 is 5.32 Å². The second-order valence-electron chi connectivity index (χ2n) is 4.70. The fraction of sp³-hybridized carbons (Fsp3) is 0.583. The number of nitrogens with one attached hydrogen (secondary N) is 1. The van der Waals surface area contributed by atoms with Crippen LogP contribution in [0.25, 0.3) is 0 Å². The van der Waals surface area contributed by atoms with E-state index >= 15 is 0 Å². The van der Waals surface area contributed by atoms with Crippen molar-refractivity contribution in [2.45, 2.75) is 33.2 Å². The van der Waals surface area contributed by atoms with E-state index in [0.29, 0.717) is 6.42 Å². The van der Waals surface area contributed by atoms with Crippen molar-refractivity contribution in [2.75, 3.05) is 0 Å². The highest BCUT2D eigenvalue weighted by Crippen LogP contribution is 2.39. The van der Waals surface area contributed by atoms with Crippen molar-refractivity contribution in [1.82, 2.24) is 10.3 Å². The predicted molar refractivity (Wildman–Crippen MR) is 67.4 cm³/mol. The predicted octanol–water partition coefficient (Wildman–Crippen LogP) is 1.66. The minimum absolute atomic E-state index is 0.112. The maximum Gasteiger partial charge on any atom is 0.307 e. The molecule has 6 heteroatoms. The van der Waals surface area contributed by atoms with Crippen molar-refractivity contribution in [3.8, 4) is 0 Å². The lowest BCUT2D eigenvalue weighted by Gasteiger charge is -2.12. The number of hydrogen-bond acceptors (Lipinski definition) is 4. The number of rotatable bonds is 4. The molecule has 0 spiro atoms. The zero-order valence-electron chi connectivity index (χ0n) is 10.6. The average molecular weight is 268 g/mol. The normalized spacial score (nSPS) is 23.5. The Morgan fingerprint density at radius 1 is 1.44 bits per heavy atom. The smallest absolute Gasteiger partial charge is 0.307 e. The molecule has 2 N–H and O–H groups in total. The zero-order chi connectivity index (χ0) is 13.4. The summed E-state index contributed by atoms with van der Waals surface area (Å²) in [6, 6.07) is -0.112. The Labute approximate surface area is 109 Å². The molecule has 0 aliphatic heterocycles. The minimum atomic E-state index is -0.882. The highest BCUT2D eigenvalue weighted by atomic mass is 32.1. The third-order valence-corrected chi connectivity index (χ3v) is 4.39. The number of nitrogens with zero attached hydrogens (tertiary/aromatic N) is 1. The fourth-order valence-electron chi connectivity index (χ4n) is 2.09. The molecule has 1 fully saturated rings. The summed E-state index contributed by atoms with van der Waals surface area (Å²) in [5, 5.41) is 12.6. The molecule has 5 nitrogen and oxygen atoms in total. The Hall–Kier alpha value is -1.43. The van der Waals surface area contributed by atoms with E-state index < -0.39 is 11.9 Å². The third kappa shape index (κ3) is 2.53. The topological polar surface area (TPSA) is 79.3 Å². The molecule has 1 saturated carbocycles. The second-order valence-corrected chi connectivity index (χ2v) is 5.93. The molecule has 18 heavy (non-hydrogen) atoms. The molecule has 98 valence electrons. The molecule has 0 aromatic carbocycles. The van der Waals surface area contributed by atoms with Crippen LogP contribution in [0.5, 0.6) is 0 Å². The summed E-state index contributed by atoms with van der Waals surface area (Å²) in [4.78, 5) is 27.9. The SMILES string of the molecule is Cc1nc(C)c(C(C)NC(=O)[C@@H]2C[C@@H]2C(=O)O)s1. The standard InChI is InChI=1S/C12H16N2O3S/c1-5-10(18-7(3)13-5)6(2)14-11(15)8-4-9(8)12(16)17/h6,8-9H,4H2,1-3H3,(H,14,15)(H,16,17)/t6?,8-,9+/m1/s1. The van der Waals surface area contributed by atoms with Crippen LogP contribution >= 0.6 is 11.3 Å². The van der Waals surface area contributed by atoms with E-state index in [1.165, 1.54) is 0 Å².